The van der Waals surface area contributed by atoms with Crippen LogP contribution in [0.2, 0.25) is 0 Å². The Labute approximate surface area is 310 Å². The minimum atomic E-state index is -4.01. The maximum atomic E-state index is 14.0. The Bertz CT molecular complexity index is 1480. The molecule has 0 spiro atoms. The fourth-order valence-electron chi connectivity index (χ4n) is 6.40. The Hall–Kier alpha value is -3.02. The molecule has 4 atom stereocenters. The molecular formula is C39H62N5O7P. The molecule has 0 amide bonds. The van der Waals surface area contributed by atoms with Gasteiger partial charge in [0.15, 0.2) is 5.82 Å². The number of para-hydroxylation sites is 1. The van der Waals surface area contributed by atoms with Crippen molar-refractivity contribution in [1.82, 2.24) is 19.7 Å². The molecule has 2 aromatic heterocycles. The summed E-state index contributed by atoms with van der Waals surface area (Å²) in [6.45, 7) is 5.28. The largest absolute Gasteiger partial charge is 0.464 e. The van der Waals surface area contributed by atoms with Crippen LogP contribution in [0.4, 0.5) is 5.82 Å². The minimum Gasteiger partial charge on any atom is -0.464 e. The van der Waals surface area contributed by atoms with Gasteiger partial charge in [0.25, 0.3) is 0 Å². The Balaban J connectivity index is 1.08. The summed E-state index contributed by atoms with van der Waals surface area (Å²) in [6, 6.07) is 11.5. The van der Waals surface area contributed by atoms with Crippen LogP contribution in [0, 0.1) is 0 Å². The van der Waals surface area contributed by atoms with E-state index in [0.717, 1.165) is 18.7 Å². The fraction of sp³-hybridized carbons (Fsp3) is 0.667. The second kappa shape index (κ2) is 23.6. The van der Waals surface area contributed by atoms with Gasteiger partial charge in [-0.3, -0.25) is 9.32 Å². The molecule has 52 heavy (non-hydrogen) atoms. The third-order valence-corrected chi connectivity index (χ3v) is 11.0. The third kappa shape index (κ3) is 14.8. The topological polar surface area (TPSA) is 149 Å². The van der Waals surface area contributed by atoms with Crippen LogP contribution in [0.1, 0.15) is 135 Å². The number of nitrogens with two attached hydrogens (primary N) is 1. The van der Waals surface area contributed by atoms with Crippen molar-refractivity contribution in [3.63, 3.8) is 0 Å². The van der Waals surface area contributed by atoms with E-state index in [0.29, 0.717) is 43.0 Å². The molecule has 1 saturated heterocycles. The number of esters is 1. The van der Waals surface area contributed by atoms with Crippen molar-refractivity contribution in [2.45, 2.75) is 141 Å². The zero-order valence-electron chi connectivity index (χ0n) is 31.4. The second-order valence-corrected chi connectivity index (χ2v) is 15.5. The van der Waals surface area contributed by atoms with Crippen molar-refractivity contribution in [2.75, 3.05) is 32.2 Å². The number of aromatic nitrogens is 3. The van der Waals surface area contributed by atoms with Gasteiger partial charge in [0.1, 0.15) is 29.7 Å². The second-order valence-electron chi connectivity index (χ2n) is 13.8. The first kappa shape index (κ1) is 41.7. The maximum absolute atomic E-state index is 14.0. The number of carbonyl (C=O) groups excluding carboxylic acids is 1. The maximum Gasteiger partial charge on any atom is 0.459 e. The number of hydrogen-bond donors (Lipinski definition) is 2. The van der Waals surface area contributed by atoms with Gasteiger partial charge < -0.3 is 24.5 Å². The molecule has 1 fully saturated rings. The van der Waals surface area contributed by atoms with Gasteiger partial charge in [-0.1, -0.05) is 109 Å². The highest BCUT2D eigenvalue weighted by Gasteiger charge is 2.36. The number of hydrogen-bond acceptors (Lipinski definition) is 10. The first-order chi connectivity index (χ1) is 25.4. The molecule has 0 bridgehead atoms. The summed E-state index contributed by atoms with van der Waals surface area (Å²) in [5.74, 6) is 0.184. The molecule has 3 N–H and O–H groups in total. The molecule has 3 aromatic rings. The number of anilines is 1. The number of nitrogens with zero attached hydrogens (tertiary/aromatic N) is 3. The van der Waals surface area contributed by atoms with Crippen molar-refractivity contribution in [3.8, 4) is 5.75 Å². The van der Waals surface area contributed by atoms with E-state index < -0.39 is 19.8 Å². The number of benzene rings is 1. The van der Waals surface area contributed by atoms with Gasteiger partial charge in [-0.2, -0.15) is 10.2 Å². The van der Waals surface area contributed by atoms with Crippen LogP contribution in [0.5, 0.6) is 5.75 Å². The molecule has 4 rings (SSSR count). The van der Waals surface area contributed by atoms with Crippen molar-refractivity contribution in [2.24, 2.45) is 0 Å². The van der Waals surface area contributed by atoms with Gasteiger partial charge in [-0.25, -0.2) is 14.1 Å². The quantitative estimate of drug-likeness (QED) is 0.0417. The highest BCUT2D eigenvalue weighted by atomic mass is 31.2. The number of nitrogen functional groups attached to an aromatic ring is 1. The number of unbranched alkanes of at least 4 members (excludes halogenated alkanes) is 13. The Morgan fingerprint density at radius 3 is 2.25 bits per heavy atom. The average Bonchev–Trinajstić information content (AvgIpc) is 3.80. The lowest BCUT2D eigenvalue weighted by atomic mass is 10.0. The third-order valence-electron chi connectivity index (χ3n) is 9.37. The first-order valence-corrected chi connectivity index (χ1v) is 21.2. The van der Waals surface area contributed by atoms with Gasteiger partial charge in [-0.05, 0) is 50.5 Å². The van der Waals surface area contributed by atoms with E-state index >= 15 is 0 Å². The highest BCUT2D eigenvalue weighted by Crippen LogP contribution is 2.46. The van der Waals surface area contributed by atoms with Gasteiger partial charge >= 0.3 is 13.7 Å². The average molecular weight is 744 g/mol. The predicted molar refractivity (Wildman–Crippen MR) is 204 cm³/mol. The Kier molecular flexibility index (Phi) is 18.9. The van der Waals surface area contributed by atoms with Crippen LogP contribution in [0.3, 0.4) is 0 Å². The molecule has 1 aliphatic heterocycles. The van der Waals surface area contributed by atoms with E-state index in [1.54, 1.807) is 35.7 Å². The Morgan fingerprint density at radius 1 is 0.904 bits per heavy atom. The van der Waals surface area contributed by atoms with Crippen molar-refractivity contribution >= 4 is 25.1 Å². The zero-order chi connectivity index (χ0) is 36.9. The summed E-state index contributed by atoms with van der Waals surface area (Å²) in [5.41, 5.74) is 7.54. The van der Waals surface area contributed by atoms with Crippen LogP contribution in [-0.2, 0) is 28.1 Å². The van der Waals surface area contributed by atoms with Crippen LogP contribution in [0.15, 0.2) is 48.8 Å². The molecule has 1 aromatic carbocycles. The van der Waals surface area contributed by atoms with Gasteiger partial charge in [0.05, 0.1) is 25.0 Å². The molecule has 0 aliphatic carbocycles. The van der Waals surface area contributed by atoms with Crippen LogP contribution in [0.25, 0.3) is 5.52 Å². The molecular weight excluding hydrogens is 681 g/mol. The fourth-order valence-corrected chi connectivity index (χ4v) is 7.92. The van der Waals surface area contributed by atoms with Gasteiger partial charge in [0, 0.05) is 19.6 Å². The highest BCUT2D eigenvalue weighted by molar-refractivity contribution is 7.52. The van der Waals surface area contributed by atoms with Crippen molar-refractivity contribution in [3.05, 3.63) is 54.5 Å². The normalized spacial score (nSPS) is 17.7. The van der Waals surface area contributed by atoms with E-state index in [1.165, 1.54) is 89.8 Å². The summed E-state index contributed by atoms with van der Waals surface area (Å²) in [4.78, 5) is 16.9. The summed E-state index contributed by atoms with van der Waals surface area (Å²) in [5, 5.41) is 7.07. The summed E-state index contributed by atoms with van der Waals surface area (Å²) in [6.07, 6.45) is 21.4. The van der Waals surface area contributed by atoms with Crippen LogP contribution in [-0.4, -0.2) is 59.1 Å². The number of carbonyl (C=O) groups is 1. The molecule has 3 heterocycles. The summed E-state index contributed by atoms with van der Waals surface area (Å²) < 4.78 is 44.8. The van der Waals surface area contributed by atoms with E-state index in [-0.39, 0.29) is 25.4 Å². The Morgan fingerprint density at radius 2 is 1.56 bits per heavy atom. The SMILES string of the molecule is CCCCCCCCCCCCCCCCOCCCOC(=O)[C@H](C)NP(=O)(OC[C@@H]1CC[C@H](c2ccc3c(N)ncnn23)O1)Oc1ccccc1. The monoisotopic (exact) mass is 743 g/mol. The first-order valence-electron chi connectivity index (χ1n) is 19.6. The number of ether oxygens (including phenoxy) is 3. The van der Waals surface area contributed by atoms with Crippen molar-refractivity contribution in [1.29, 1.82) is 0 Å². The predicted octanol–water partition coefficient (Wildman–Crippen LogP) is 9.14. The molecule has 0 radical (unpaired) electrons. The van der Waals surface area contributed by atoms with Crippen LogP contribution >= 0.6 is 7.75 Å². The molecule has 1 unspecified atom stereocenters. The van der Waals surface area contributed by atoms with E-state index in [1.807, 2.05) is 18.2 Å². The zero-order valence-corrected chi connectivity index (χ0v) is 32.3. The number of fused-ring (bicyclic) bond motifs is 1. The van der Waals surface area contributed by atoms with Gasteiger partial charge in [-0.15, -0.1) is 0 Å². The van der Waals surface area contributed by atoms with Gasteiger partial charge in [0.2, 0.25) is 0 Å². The van der Waals surface area contributed by atoms with E-state index in [2.05, 4.69) is 22.1 Å². The molecule has 290 valence electrons. The lowest BCUT2D eigenvalue weighted by Crippen LogP contribution is -2.36. The summed E-state index contributed by atoms with van der Waals surface area (Å²) in [7, 11) is -4.01. The molecule has 1 aliphatic rings. The number of rotatable bonds is 28. The minimum absolute atomic E-state index is 0.00748. The van der Waals surface area contributed by atoms with E-state index in [9.17, 15) is 9.36 Å². The standard InChI is InChI=1S/C39H62N5O7P/c1-3-4-5-6-7-8-9-10-11-12-13-14-15-19-27-47-28-20-29-48-39(45)32(2)43-52(46,51-33-21-17-16-18-22-33)49-30-34-23-26-37(50-34)35-24-25-36-38(40)41-31-42-44(35)36/h16-18,21-22,24-25,31-32,34,37H,3-15,19-20,23,26-30H2,1-2H3,(H,43,46)(H2,40,41,42)/t32-,34-,37+,52?/m0/s1. The van der Waals surface area contributed by atoms with Crippen LogP contribution < -0.4 is 15.3 Å². The summed E-state index contributed by atoms with van der Waals surface area (Å²) >= 11 is 0. The lowest BCUT2D eigenvalue weighted by molar-refractivity contribution is -0.145. The molecule has 13 heteroatoms. The molecule has 0 saturated carbocycles. The van der Waals surface area contributed by atoms with Crippen molar-refractivity contribution < 1.29 is 32.6 Å². The van der Waals surface area contributed by atoms with E-state index in [4.69, 9.17) is 29.0 Å². The lowest BCUT2D eigenvalue weighted by Gasteiger charge is -2.24. The molecule has 12 nitrogen and oxygen atoms in total. The smallest absolute Gasteiger partial charge is 0.459 e. The number of nitrogens with one attached hydrogen (secondary N) is 1.